The van der Waals surface area contributed by atoms with E-state index < -0.39 is 4.92 Å². The number of piperidine rings is 1. The van der Waals surface area contributed by atoms with Gasteiger partial charge in [0.1, 0.15) is 5.69 Å². The maximum absolute atomic E-state index is 12.6. The van der Waals surface area contributed by atoms with Gasteiger partial charge in [-0.1, -0.05) is 0 Å². The normalized spacial score (nSPS) is 26.7. The number of rotatable bonds is 3. The van der Waals surface area contributed by atoms with Gasteiger partial charge in [-0.25, -0.2) is 0 Å². The Labute approximate surface area is 128 Å². The van der Waals surface area contributed by atoms with Crippen molar-refractivity contribution in [2.45, 2.75) is 43.8 Å². The highest BCUT2D eigenvalue weighted by Gasteiger charge is 2.36. The summed E-state index contributed by atoms with van der Waals surface area (Å²) in [4.78, 5) is 24.7. The predicted molar refractivity (Wildman–Crippen MR) is 82.6 cm³/mol. The van der Waals surface area contributed by atoms with E-state index in [0.717, 1.165) is 25.7 Å². The van der Waals surface area contributed by atoms with Gasteiger partial charge in [0, 0.05) is 36.8 Å². The fourth-order valence-corrected chi connectivity index (χ4v) is 3.55. The van der Waals surface area contributed by atoms with Crippen molar-refractivity contribution in [3.8, 4) is 0 Å². The summed E-state index contributed by atoms with van der Waals surface area (Å²) in [5, 5.41) is 14.5. The molecule has 7 nitrogen and oxygen atoms in total. The van der Waals surface area contributed by atoms with Gasteiger partial charge in [-0.2, -0.15) is 0 Å². The summed E-state index contributed by atoms with van der Waals surface area (Å²) >= 11 is 0. The second-order valence-electron chi connectivity index (χ2n) is 6.21. The van der Waals surface area contributed by atoms with Crippen LogP contribution in [0.2, 0.25) is 0 Å². The number of nitro groups is 1. The van der Waals surface area contributed by atoms with E-state index in [0.29, 0.717) is 17.6 Å². The third-order valence-electron chi connectivity index (χ3n) is 4.79. The van der Waals surface area contributed by atoms with E-state index >= 15 is 0 Å². The minimum absolute atomic E-state index is 0.0733. The SMILES string of the molecule is CN(C(=O)c1ccc(N)c([N+](=O)[O-])c1)C1CC2CCC(C1)N2. The standard InChI is InChI=1S/C15H20N4O3/c1-18(12-7-10-3-4-11(8-12)17-10)15(20)9-2-5-13(16)14(6-9)19(21)22/h2,5-6,10-12,17H,3-4,7-8,16H2,1H3. The Morgan fingerprint density at radius 2 is 2.00 bits per heavy atom. The molecule has 0 aliphatic carbocycles. The van der Waals surface area contributed by atoms with E-state index in [1.54, 1.807) is 18.0 Å². The van der Waals surface area contributed by atoms with E-state index in [1.807, 2.05) is 0 Å². The Hall–Kier alpha value is -2.15. The molecule has 0 radical (unpaired) electrons. The van der Waals surface area contributed by atoms with Crippen LogP contribution in [0.4, 0.5) is 11.4 Å². The van der Waals surface area contributed by atoms with Crippen molar-refractivity contribution in [2.24, 2.45) is 0 Å². The summed E-state index contributed by atoms with van der Waals surface area (Å²) in [6, 6.07) is 5.40. The Morgan fingerprint density at radius 3 is 2.59 bits per heavy atom. The van der Waals surface area contributed by atoms with Crippen molar-refractivity contribution in [1.29, 1.82) is 0 Å². The number of hydrogen-bond acceptors (Lipinski definition) is 5. The fraction of sp³-hybridized carbons (Fsp3) is 0.533. The van der Waals surface area contributed by atoms with Crippen LogP contribution in [0.15, 0.2) is 18.2 Å². The maximum atomic E-state index is 12.6. The summed E-state index contributed by atoms with van der Waals surface area (Å²) < 4.78 is 0. The molecule has 118 valence electrons. The molecule has 7 heteroatoms. The predicted octanol–water partition coefficient (Wildman–Crippen LogP) is 1.53. The Morgan fingerprint density at radius 1 is 1.36 bits per heavy atom. The monoisotopic (exact) mass is 304 g/mol. The maximum Gasteiger partial charge on any atom is 0.292 e. The van der Waals surface area contributed by atoms with Gasteiger partial charge >= 0.3 is 0 Å². The van der Waals surface area contributed by atoms with Gasteiger partial charge in [-0.05, 0) is 37.8 Å². The number of nitrogens with one attached hydrogen (secondary N) is 1. The molecule has 3 rings (SSSR count). The minimum atomic E-state index is -0.559. The molecule has 2 aliphatic heterocycles. The molecule has 1 aromatic carbocycles. The van der Waals surface area contributed by atoms with Gasteiger partial charge in [0.15, 0.2) is 0 Å². The van der Waals surface area contributed by atoms with Gasteiger partial charge in [-0.3, -0.25) is 14.9 Å². The lowest BCUT2D eigenvalue weighted by Crippen LogP contribution is -2.48. The number of nitrogens with two attached hydrogens (primary N) is 1. The lowest BCUT2D eigenvalue weighted by molar-refractivity contribution is -0.383. The van der Waals surface area contributed by atoms with Crippen LogP contribution in [0.1, 0.15) is 36.0 Å². The van der Waals surface area contributed by atoms with Crippen molar-refractivity contribution in [1.82, 2.24) is 10.2 Å². The first-order valence-electron chi connectivity index (χ1n) is 7.53. The van der Waals surface area contributed by atoms with Crippen LogP contribution in [0, 0.1) is 10.1 Å². The molecule has 0 saturated carbocycles. The molecule has 1 amide bonds. The smallest absolute Gasteiger partial charge is 0.292 e. The molecule has 0 aromatic heterocycles. The van der Waals surface area contributed by atoms with Crippen LogP contribution in [-0.2, 0) is 0 Å². The zero-order valence-corrected chi connectivity index (χ0v) is 12.5. The van der Waals surface area contributed by atoms with Gasteiger partial charge in [0.05, 0.1) is 4.92 Å². The van der Waals surface area contributed by atoms with E-state index in [9.17, 15) is 14.9 Å². The lowest BCUT2D eigenvalue weighted by Gasteiger charge is -2.35. The first kappa shape index (κ1) is 14.8. The van der Waals surface area contributed by atoms with Crippen LogP contribution in [0.3, 0.4) is 0 Å². The molecule has 3 N–H and O–H groups in total. The molecule has 2 heterocycles. The van der Waals surface area contributed by atoms with Gasteiger partial charge in [0.2, 0.25) is 0 Å². The Bertz CT molecular complexity index is 607. The van der Waals surface area contributed by atoms with E-state index in [-0.39, 0.29) is 23.3 Å². The average Bonchev–Trinajstić information content (AvgIpc) is 2.84. The number of anilines is 1. The second-order valence-corrected chi connectivity index (χ2v) is 6.21. The zero-order chi connectivity index (χ0) is 15.9. The molecule has 2 unspecified atom stereocenters. The summed E-state index contributed by atoms with van der Waals surface area (Å²) in [5.74, 6) is -0.186. The van der Waals surface area contributed by atoms with Gasteiger partial charge in [-0.15, -0.1) is 0 Å². The summed E-state index contributed by atoms with van der Waals surface area (Å²) in [7, 11) is 1.78. The highest BCUT2D eigenvalue weighted by molar-refractivity contribution is 5.95. The van der Waals surface area contributed by atoms with Crippen LogP contribution in [-0.4, -0.2) is 40.9 Å². The zero-order valence-electron chi connectivity index (χ0n) is 12.5. The third kappa shape index (κ3) is 2.64. The first-order valence-corrected chi connectivity index (χ1v) is 7.53. The van der Waals surface area contributed by atoms with Crippen molar-refractivity contribution in [3.63, 3.8) is 0 Å². The number of hydrogen-bond donors (Lipinski definition) is 2. The molecule has 0 spiro atoms. The number of carbonyl (C=O) groups is 1. The molecule has 1 aromatic rings. The summed E-state index contributed by atoms with van der Waals surface area (Å²) in [6.45, 7) is 0. The molecule has 22 heavy (non-hydrogen) atoms. The molecule has 2 bridgehead atoms. The summed E-state index contributed by atoms with van der Waals surface area (Å²) in [6.07, 6.45) is 4.21. The third-order valence-corrected chi connectivity index (χ3v) is 4.79. The Kier molecular flexibility index (Phi) is 3.74. The molecule has 2 saturated heterocycles. The molecular weight excluding hydrogens is 284 g/mol. The average molecular weight is 304 g/mol. The minimum Gasteiger partial charge on any atom is -0.393 e. The summed E-state index contributed by atoms with van der Waals surface area (Å²) in [5.41, 5.74) is 5.75. The van der Waals surface area contributed by atoms with Crippen molar-refractivity contribution >= 4 is 17.3 Å². The van der Waals surface area contributed by atoms with E-state index in [4.69, 9.17) is 5.73 Å². The Balaban J connectivity index is 1.78. The first-order chi connectivity index (χ1) is 10.5. The number of amides is 1. The molecule has 2 fully saturated rings. The molecular formula is C15H20N4O3. The van der Waals surface area contributed by atoms with Crippen molar-refractivity contribution < 1.29 is 9.72 Å². The fourth-order valence-electron chi connectivity index (χ4n) is 3.55. The number of nitro benzene ring substituents is 1. The molecule has 2 aliphatic rings. The van der Waals surface area contributed by atoms with Crippen LogP contribution >= 0.6 is 0 Å². The highest BCUT2D eigenvalue weighted by atomic mass is 16.6. The van der Waals surface area contributed by atoms with Crippen molar-refractivity contribution in [3.05, 3.63) is 33.9 Å². The van der Waals surface area contributed by atoms with E-state index in [2.05, 4.69) is 5.32 Å². The highest BCUT2D eigenvalue weighted by Crippen LogP contribution is 2.30. The van der Waals surface area contributed by atoms with Crippen molar-refractivity contribution in [2.75, 3.05) is 12.8 Å². The van der Waals surface area contributed by atoms with Crippen LogP contribution in [0.5, 0.6) is 0 Å². The van der Waals surface area contributed by atoms with E-state index in [1.165, 1.54) is 12.1 Å². The van der Waals surface area contributed by atoms with Gasteiger partial charge in [0.25, 0.3) is 11.6 Å². The quantitative estimate of drug-likeness (QED) is 0.501. The largest absolute Gasteiger partial charge is 0.393 e. The number of fused-ring (bicyclic) bond motifs is 2. The van der Waals surface area contributed by atoms with Crippen LogP contribution in [0.25, 0.3) is 0 Å². The van der Waals surface area contributed by atoms with Gasteiger partial charge < -0.3 is 16.0 Å². The number of carbonyl (C=O) groups excluding carboxylic acids is 1. The lowest BCUT2D eigenvalue weighted by atomic mass is 9.98. The number of nitrogen functional groups attached to an aromatic ring is 1. The number of nitrogens with zero attached hydrogens (tertiary/aromatic N) is 2. The topological polar surface area (TPSA) is 102 Å². The molecule has 2 atom stereocenters. The number of benzene rings is 1. The van der Waals surface area contributed by atoms with Crippen LogP contribution < -0.4 is 11.1 Å². The second kappa shape index (κ2) is 5.57.